The number of rotatable bonds is 4. The van der Waals surface area contributed by atoms with Crippen molar-refractivity contribution in [3.8, 4) is 11.5 Å². The minimum absolute atomic E-state index is 0.0157. The Balaban J connectivity index is 1.78. The standard InChI is InChI=1S/C18H19ClN3O6P/c1-2-27-29(25,26)11-17(23)20-21-18(24)22-10-12-5-3-4-6-15(12)28-16-8-7-13(19)9-14(16)22/h3-9H,2,10-11H2,1H3,(H,20,23)(H,21,24)(H,25,26). The smallest absolute Gasteiger partial charge is 0.341 e. The van der Waals surface area contributed by atoms with E-state index in [4.69, 9.17) is 16.3 Å². The lowest BCUT2D eigenvalue weighted by Gasteiger charge is -2.23. The fraction of sp³-hybridized carbons (Fsp3) is 0.222. The van der Waals surface area contributed by atoms with Crippen molar-refractivity contribution in [3.05, 3.63) is 53.1 Å². The zero-order valence-corrected chi connectivity index (χ0v) is 17.1. The number of benzene rings is 2. The first-order valence-corrected chi connectivity index (χ1v) is 10.8. The highest BCUT2D eigenvalue weighted by Gasteiger charge is 2.27. The summed E-state index contributed by atoms with van der Waals surface area (Å²) < 4.78 is 22.2. The van der Waals surface area contributed by atoms with E-state index >= 15 is 0 Å². The van der Waals surface area contributed by atoms with Crippen LogP contribution in [0.3, 0.4) is 0 Å². The van der Waals surface area contributed by atoms with Crippen LogP contribution in [-0.2, 0) is 20.4 Å². The Kier molecular flexibility index (Phi) is 6.44. The molecular weight excluding hydrogens is 421 g/mol. The molecule has 1 unspecified atom stereocenters. The van der Waals surface area contributed by atoms with Crippen molar-refractivity contribution in [2.24, 2.45) is 0 Å². The molecule has 2 aromatic rings. The maximum atomic E-state index is 12.8. The van der Waals surface area contributed by atoms with Crippen LogP contribution in [0, 0.1) is 0 Å². The Morgan fingerprint density at radius 1 is 1.24 bits per heavy atom. The van der Waals surface area contributed by atoms with Gasteiger partial charge in [-0.1, -0.05) is 29.8 Å². The van der Waals surface area contributed by atoms with Gasteiger partial charge in [0.15, 0.2) is 5.75 Å². The van der Waals surface area contributed by atoms with Crippen LogP contribution in [0.4, 0.5) is 10.5 Å². The average molecular weight is 440 g/mol. The largest absolute Gasteiger partial charge is 0.455 e. The molecule has 1 aliphatic rings. The molecular formula is C18H19ClN3O6P. The lowest BCUT2D eigenvalue weighted by Crippen LogP contribution is -2.49. The number of carbonyl (C=O) groups is 2. The normalized spacial score (nSPS) is 14.5. The molecule has 3 N–H and O–H groups in total. The fourth-order valence-electron chi connectivity index (χ4n) is 2.74. The van der Waals surface area contributed by atoms with Crippen LogP contribution in [0.15, 0.2) is 42.5 Å². The highest BCUT2D eigenvalue weighted by molar-refractivity contribution is 7.53. The number of anilines is 1. The molecule has 0 aliphatic carbocycles. The van der Waals surface area contributed by atoms with Gasteiger partial charge in [0.05, 0.1) is 18.8 Å². The van der Waals surface area contributed by atoms with Crippen LogP contribution in [0.2, 0.25) is 5.02 Å². The summed E-state index contributed by atoms with van der Waals surface area (Å²) in [5.41, 5.74) is 5.51. The summed E-state index contributed by atoms with van der Waals surface area (Å²) in [6.07, 6.45) is -0.782. The summed E-state index contributed by atoms with van der Waals surface area (Å²) >= 11 is 6.08. The zero-order valence-electron chi connectivity index (χ0n) is 15.4. The van der Waals surface area contributed by atoms with Gasteiger partial charge in [0, 0.05) is 10.6 Å². The SMILES string of the molecule is CCOP(=O)(O)CC(=O)NNC(=O)N1Cc2ccccc2Oc2ccc(Cl)cc21. The topological polar surface area (TPSA) is 117 Å². The third kappa shape index (κ3) is 5.27. The van der Waals surface area contributed by atoms with Gasteiger partial charge < -0.3 is 14.2 Å². The molecule has 0 radical (unpaired) electrons. The van der Waals surface area contributed by atoms with E-state index < -0.39 is 25.7 Å². The molecule has 1 atom stereocenters. The number of carbonyl (C=O) groups excluding carboxylic acids is 2. The van der Waals surface area contributed by atoms with Crippen molar-refractivity contribution >= 4 is 36.8 Å². The average Bonchev–Trinajstić information content (AvgIpc) is 2.82. The number of urea groups is 1. The third-order valence-corrected chi connectivity index (χ3v) is 5.54. The molecule has 0 saturated carbocycles. The first kappa shape index (κ1) is 21.1. The van der Waals surface area contributed by atoms with E-state index in [-0.39, 0.29) is 13.2 Å². The number of hydrazine groups is 1. The van der Waals surface area contributed by atoms with E-state index in [1.807, 2.05) is 18.2 Å². The highest BCUT2D eigenvalue weighted by atomic mass is 35.5. The van der Waals surface area contributed by atoms with Crippen molar-refractivity contribution in [3.63, 3.8) is 0 Å². The second-order valence-corrected chi connectivity index (χ2v) is 8.39. The number of fused-ring (bicyclic) bond motifs is 2. The van der Waals surface area contributed by atoms with Crippen molar-refractivity contribution in [1.82, 2.24) is 10.9 Å². The van der Waals surface area contributed by atoms with Gasteiger partial charge in [0.1, 0.15) is 11.9 Å². The lowest BCUT2D eigenvalue weighted by atomic mass is 10.2. The van der Waals surface area contributed by atoms with E-state index in [1.54, 1.807) is 24.3 Å². The van der Waals surface area contributed by atoms with Crippen molar-refractivity contribution in [2.45, 2.75) is 13.5 Å². The molecule has 9 nitrogen and oxygen atoms in total. The number of ether oxygens (including phenoxy) is 1. The molecule has 1 aliphatic heterocycles. The first-order chi connectivity index (χ1) is 13.8. The van der Waals surface area contributed by atoms with E-state index in [0.29, 0.717) is 22.2 Å². The van der Waals surface area contributed by atoms with E-state index in [2.05, 4.69) is 15.4 Å². The summed E-state index contributed by atoms with van der Waals surface area (Å²) in [5, 5.41) is 0.401. The summed E-state index contributed by atoms with van der Waals surface area (Å²) in [5.74, 6) is 0.140. The number of amides is 3. The zero-order chi connectivity index (χ0) is 21.0. The van der Waals surface area contributed by atoms with Crippen LogP contribution >= 0.6 is 19.2 Å². The van der Waals surface area contributed by atoms with Crippen molar-refractivity contribution in [2.75, 3.05) is 17.7 Å². The molecule has 11 heteroatoms. The summed E-state index contributed by atoms with van der Waals surface area (Å²) in [7, 11) is -4.07. The molecule has 0 spiro atoms. The molecule has 154 valence electrons. The molecule has 0 fully saturated rings. The Morgan fingerprint density at radius 2 is 2.00 bits per heavy atom. The summed E-state index contributed by atoms with van der Waals surface area (Å²) in [6.45, 7) is 1.67. The van der Waals surface area contributed by atoms with Gasteiger partial charge in [-0.2, -0.15) is 0 Å². The Bertz CT molecular complexity index is 986. The van der Waals surface area contributed by atoms with Gasteiger partial charge in [-0.15, -0.1) is 0 Å². The predicted molar refractivity (Wildman–Crippen MR) is 107 cm³/mol. The minimum atomic E-state index is -4.07. The van der Waals surface area contributed by atoms with Crippen LogP contribution in [0.1, 0.15) is 12.5 Å². The quantitative estimate of drug-likeness (QED) is 0.496. The maximum Gasteiger partial charge on any atom is 0.341 e. The van der Waals surface area contributed by atoms with Crippen LogP contribution in [-0.4, -0.2) is 29.6 Å². The first-order valence-electron chi connectivity index (χ1n) is 8.67. The number of hydrogen-bond acceptors (Lipinski definition) is 5. The second kappa shape index (κ2) is 8.84. The number of para-hydroxylation sites is 1. The number of hydrogen-bond donors (Lipinski definition) is 3. The summed E-state index contributed by atoms with van der Waals surface area (Å²) in [6, 6.07) is 11.4. The van der Waals surface area contributed by atoms with Gasteiger partial charge >= 0.3 is 13.6 Å². The lowest BCUT2D eigenvalue weighted by molar-refractivity contribution is -0.119. The fourth-order valence-corrected chi connectivity index (χ4v) is 3.84. The third-order valence-electron chi connectivity index (χ3n) is 3.96. The number of halogens is 1. The predicted octanol–water partition coefficient (Wildman–Crippen LogP) is 3.42. The van der Waals surface area contributed by atoms with Crippen LogP contribution < -0.4 is 20.5 Å². The van der Waals surface area contributed by atoms with Gasteiger partial charge in [-0.25, -0.2) is 10.2 Å². The number of nitrogens with zero attached hydrogens (tertiary/aromatic N) is 1. The van der Waals surface area contributed by atoms with Crippen molar-refractivity contribution < 1.29 is 28.3 Å². The molecule has 3 amide bonds. The van der Waals surface area contributed by atoms with Gasteiger partial charge in [-0.3, -0.25) is 19.7 Å². The maximum absolute atomic E-state index is 12.8. The molecule has 0 saturated heterocycles. The second-order valence-electron chi connectivity index (χ2n) is 6.10. The van der Waals surface area contributed by atoms with E-state index in [9.17, 15) is 19.0 Å². The van der Waals surface area contributed by atoms with Gasteiger partial charge in [0.2, 0.25) is 0 Å². The van der Waals surface area contributed by atoms with Gasteiger partial charge in [-0.05, 0) is 31.2 Å². The van der Waals surface area contributed by atoms with E-state index in [1.165, 1.54) is 11.8 Å². The minimum Gasteiger partial charge on any atom is -0.455 e. The van der Waals surface area contributed by atoms with Crippen molar-refractivity contribution in [1.29, 1.82) is 0 Å². The highest BCUT2D eigenvalue weighted by Crippen LogP contribution is 2.41. The monoisotopic (exact) mass is 439 g/mol. The molecule has 0 bridgehead atoms. The van der Waals surface area contributed by atoms with E-state index in [0.717, 1.165) is 5.56 Å². The molecule has 3 rings (SSSR count). The number of nitrogens with one attached hydrogen (secondary N) is 2. The van der Waals surface area contributed by atoms with Crippen LogP contribution in [0.25, 0.3) is 0 Å². The summed E-state index contributed by atoms with van der Waals surface area (Å²) in [4.78, 5) is 35.5. The molecule has 0 aromatic heterocycles. The molecule has 1 heterocycles. The Hall–Kier alpha value is -2.58. The Morgan fingerprint density at radius 3 is 2.76 bits per heavy atom. The van der Waals surface area contributed by atoms with Crippen LogP contribution in [0.5, 0.6) is 11.5 Å². The van der Waals surface area contributed by atoms with Gasteiger partial charge in [0.25, 0.3) is 5.91 Å². The molecule has 2 aromatic carbocycles. The molecule has 29 heavy (non-hydrogen) atoms. The Labute approximate surface area is 172 Å².